The molecule has 2 amide bonds. The highest BCUT2D eigenvalue weighted by molar-refractivity contribution is 6.06. The number of rotatable bonds is 4. The van der Waals surface area contributed by atoms with E-state index in [1.165, 1.54) is 6.26 Å². The zero-order chi connectivity index (χ0) is 21.3. The molecule has 30 heavy (non-hydrogen) atoms. The van der Waals surface area contributed by atoms with Gasteiger partial charge >= 0.3 is 0 Å². The van der Waals surface area contributed by atoms with Gasteiger partial charge in [-0.1, -0.05) is 20.8 Å². The lowest BCUT2D eigenvalue weighted by atomic mass is 9.97. The van der Waals surface area contributed by atoms with Crippen molar-refractivity contribution in [3.63, 3.8) is 0 Å². The predicted octanol–water partition coefficient (Wildman–Crippen LogP) is 5.22. The number of carbonyl (C=O) groups is 2. The zero-order valence-corrected chi connectivity index (χ0v) is 16.9. The van der Waals surface area contributed by atoms with Crippen LogP contribution in [0.3, 0.4) is 0 Å². The van der Waals surface area contributed by atoms with Crippen LogP contribution in [0.5, 0.6) is 0 Å². The molecule has 2 heterocycles. The number of hydrogen-bond acceptors (Lipinski definition) is 5. The minimum Gasteiger partial charge on any atom is -0.459 e. The van der Waals surface area contributed by atoms with E-state index in [-0.39, 0.29) is 23.0 Å². The second-order valence-corrected chi connectivity index (χ2v) is 7.91. The maximum Gasteiger partial charge on any atom is 0.291 e. The van der Waals surface area contributed by atoms with Crippen molar-refractivity contribution in [3.05, 3.63) is 78.1 Å². The summed E-state index contributed by atoms with van der Waals surface area (Å²) in [7, 11) is 0. The van der Waals surface area contributed by atoms with E-state index in [1.54, 1.807) is 54.6 Å². The summed E-state index contributed by atoms with van der Waals surface area (Å²) < 4.78 is 10.8. The Morgan fingerprint density at radius 2 is 1.60 bits per heavy atom. The van der Waals surface area contributed by atoms with E-state index in [4.69, 9.17) is 8.83 Å². The first kappa shape index (κ1) is 19.4. The minimum atomic E-state index is -0.354. The third-order valence-corrected chi connectivity index (χ3v) is 4.44. The molecular formula is C23H21N3O4. The van der Waals surface area contributed by atoms with E-state index < -0.39 is 0 Å². The number of nitrogens with one attached hydrogen (secondary N) is 2. The summed E-state index contributed by atoms with van der Waals surface area (Å²) in [6.07, 6.45) is 1.43. The van der Waals surface area contributed by atoms with Gasteiger partial charge in [0.2, 0.25) is 5.89 Å². The van der Waals surface area contributed by atoms with E-state index in [0.29, 0.717) is 33.9 Å². The summed E-state index contributed by atoms with van der Waals surface area (Å²) in [6.45, 7) is 6.09. The summed E-state index contributed by atoms with van der Waals surface area (Å²) in [6, 6.07) is 15.2. The van der Waals surface area contributed by atoms with Crippen LogP contribution in [-0.2, 0) is 5.41 Å². The van der Waals surface area contributed by atoms with Crippen molar-refractivity contribution in [2.45, 2.75) is 26.2 Å². The highest BCUT2D eigenvalue weighted by atomic mass is 16.4. The normalized spacial score (nSPS) is 11.4. The van der Waals surface area contributed by atoms with Crippen molar-refractivity contribution in [1.82, 2.24) is 4.98 Å². The molecule has 0 aliphatic heterocycles. The van der Waals surface area contributed by atoms with Crippen LogP contribution in [0.4, 0.5) is 11.4 Å². The Morgan fingerprint density at radius 3 is 2.27 bits per heavy atom. The largest absolute Gasteiger partial charge is 0.459 e. The maximum absolute atomic E-state index is 12.6. The topological polar surface area (TPSA) is 97.4 Å². The fourth-order valence-corrected chi connectivity index (χ4v) is 2.83. The van der Waals surface area contributed by atoms with Crippen LogP contribution < -0.4 is 10.6 Å². The number of nitrogens with zero attached hydrogens (tertiary/aromatic N) is 1. The van der Waals surface area contributed by atoms with E-state index in [1.807, 2.05) is 20.8 Å². The second kappa shape index (κ2) is 7.51. The molecule has 0 fully saturated rings. The van der Waals surface area contributed by atoms with Gasteiger partial charge in [-0.15, -0.1) is 0 Å². The molecule has 4 aromatic rings. The molecule has 0 bridgehead atoms. The SMILES string of the molecule is CC(C)(C)c1nc2cc(NC(=O)c3ccc(NC(=O)c4ccco4)cc3)ccc2o1. The highest BCUT2D eigenvalue weighted by Crippen LogP contribution is 2.27. The molecule has 0 saturated heterocycles. The predicted molar refractivity (Wildman–Crippen MR) is 114 cm³/mol. The van der Waals surface area contributed by atoms with Crippen molar-refractivity contribution in [1.29, 1.82) is 0 Å². The summed E-state index contributed by atoms with van der Waals surface area (Å²) in [5, 5.41) is 5.57. The van der Waals surface area contributed by atoms with E-state index in [0.717, 1.165) is 0 Å². The smallest absolute Gasteiger partial charge is 0.291 e. The molecule has 152 valence electrons. The molecule has 0 radical (unpaired) electrons. The van der Waals surface area contributed by atoms with Gasteiger partial charge in [-0.25, -0.2) is 4.98 Å². The third-order valence-electron chi connectivity index (χ3n) is 4.44. The first-order valence-corrected chi connectivity index (χ1v) is 9.47. The number of carbonyl (C=O) groups excluding carboxylic acids is 2. The molecule has 2 N–H and O–H groups in total. The van der Waals surface area contributed by atoms with Crippen molar-refractivity contribution in [2.24, 2.45) is 0 Å². The van der Waals surface area contributed by atoms with Gasteiger partial charge in [0.15, 0.2) is 11.3 Å². The zero-order valence-electron chi connectivity index (χ0n) is 16.9. The number of anilines is 2. The second-order valence-electron chi connectivity index (χ2n) is 7.91. The molecule has 2 aromatic carbocycles. The molecule has 0 spiro atoms. The molecule has 0 atom stereocenters. The Bertz CT molecular complexity index is 1200. The van der Waals surface area contributed by atoms with Crippen molar-refractivity contribution < 1.29 is 18.4 Å². The van der Waals surface area contributed by atoms with Crippen LogP contribution in [0.1, 0.15) is 47.6 Å². The summed E-state index contributed by atoms with van der Waals surface area (Å²) in [4.78, 5) is 29.1. The van der Waals surface area contributed by atoms with E-state index >= 15 is 0 Å². The van der Waals surface area contributed by atoms with Crippen LogP contribution >= 0.6 is 0 Å². The molecule has 2 aromatic heterocycles. The van der Waals surface area contributed by atoms with E-state index in [9.17, 15) is 9.59 Å². The standard InChI is InChI=1S/C23H21N3O4/c1-23(2,3)22-26-17-13-16(10-11-18(17)30-22)25-20(27)14-6-8-15(9-7-14)24-21(28)19-5-4-12-29-19/h4-13H,1-3H3,(H,24,28)(H,25,27). The highest BCUT2D eigenvalue weighted by Gasteiger charge is 2.21. The molecular weight excluding hydrogens is 382 g/mol. The van der Waals surface area contributed by atoms with Gasteiger partial charge in [0.05, 0.1) is 6.26 Å². The van der Waals surface area contributed by atoms with Crippen LogP contribution in [0, 0.1) is 0 Å². The van der Waals surface area contributed by atoms with Crippen molar-refractivity contribution in [3.8, 4) is 0 Å². The maximum atomic E-state index is 12.6. The van der Waals surface area contributed by atoms with Gasteiger partial charge < -0.3 is 19.5 Å². The number of oxazole rings is 1. The number of aromatic nitrogens is 1. The fraction of sp³-hybridized carbons (Fsp3) is 0.174. The first-order chi connectivity index (χ1) is 14.3. The third kappa shape index (κ3) is 4.10. The van der Waals surface area contributed by atoms with Crippen LogP contribution in [-0.4, -0.2) is 16.8 Å². The monoisotopic (exact) mass is 403 g/mol. The number of benzene rings is 2. The first-order valence-electron chi connectivity index (χ1n) is 9.47. The van der Waals surface area contributed by atoms with Crippen molar-refractivity contribution in [2.75, 3.05) is 10.6 Å². The average Bonchev–Trinajstić information content (AvgIpc) is 3.38. The summed E-state index contributed by atoms with van der Waals surface area (Å²) in [5.41, 5.74) is 2.81. The Morgan fingerprint density at radius 1 is 0.900 bits per heavy atom. The van der Waals surface area contributed by atoms with Gasteiger partial charge in [0, 0.05) is 22.4 Å². The van der Waals surface area contributed by atoms with Gasteiger partial charge in [0.1, 0.15) is 5.52 Å². The van der Waals surface area contributed by atoms with E-state index in [2.05, 4.69) is 15.6 Å². The Hall–Kier alpha value is -3.87. The molecule has 0 aliphatic carbocycles. The van der Waals surface area contributed by atoms with Crippen LogP contribution in [0.2, 0.25) is 0 Å². The van der Waals surface area contributed by atoms with Gasteiger partial charge in [-0.05, 0) is 54.6 Å². The fourth-order valence-electron chi connectivity index (χ4n) is 2.83. The Labute approximate surface area is 173 Å². The lowest BCUT2D eigenvalue weighted by Gasteiger charge is -2.11. The Kier molecular flexibility index (Phi) is 4.87. The quantitative estimate of drug-likeness (QED) is 0.487. The number of amides is 2. The number of fused-ring (bicyclic) bond motifs is 1. The molecule has 4 rings (SSSR count). The molecule has 7 nitrogen and oxygen atoms in total. The summed E-state index contributed by atoms with van der Waals surface area (Å²) in [5.74, 6) is 0.244. The molecule has 0 aliphatic rings. The lowest BCUT2D eigenvalue weighted by molar-refractivity contribution is 0.0995. The van der Waals surface area contributed by atoms with Crippen LogP contribution in [0.15, 0.2) is 69.7 Å². The summed E-state index contributed by atoms with van der Waals surface area (Å²) >= 11 is 0. The van der Waals surface area contributed by atoms with Gasteiger partial charge in [0.25, 0.3) is 11.8 Å². The minimum absolute atomic E-state index is 0.198. The lowest BCUT2D eigenvalue weighted by Crippen LogP contribution is -2.13. The molecule has 0 saturated carbocycles. The molecule has 0 unspecified atom stereocenters. The number of furan rings is 1. The van der Waals surface area contributed by atoms with Gasteiger partial charge in [-0.3, -0.25) is 9.59 Å². The number of hydrogen-bond donors (Lipinski definition) is 2. The van der Waals surface area contributed by atoms with Crippen molar-refractivity contribution >= 4 is 34.3 Å². The Balaban J connectivity index is 1.45. The molecule has 7 heteroatoms. The van der Waals surface area contributed by atoms with Crippen LogP contribution in [0.25, 0.3) is 11.1 Å². The van der Waals surface area contributed by atoms with Gasteiger partial charge in [-0.2, -0.15) is 0 Å². The average molecular weight is 403 g/mol.